The van der Waals surface area contributed by atoms with Crippen LogP contribution in [-0.2, 0) is 6.42 Å². The predicted octanol–water partition coefficient (Wildman–Crippen LogP) is 5.90. The molecular weight excluding hydrogens is 398 g/mol. The van der Waals surface area contributed by atoms with E-state index in [0.717, 1.165) is 33.2 Å². The lowest BCUT2D eigenvalue weighted by Gasteiger charge is -2.13. The Morgan fingerprint density at radius 3 is 2.50 bits per heavy atom. The lowest BCUT2D eigenvalue weighted by atomic mass is 9.97. The van der Waals surface area contributed by atoms with Crippen molar-refractivity contribution in [1.82, 2.24) is 5.48 Å². The van der Waals surface area contributed by atoms with Crippen molar-refractivity contribution in [1.29, 1.82) is 0 Å². The van der Waals surface area contributed by atoms with Crippen molar-refractivity contribution in [2.45, 2.75) is 6.42 Å². The van der Waals surface area contributed by atoms with Gasteiger partial charge in [-0.2, -0.15) is 0 Å². The molecule has 4 aromatic rings. The Balaban J connectivity index is 1.52. The Kier molecular flexibility index (Phi) is 5.98. The van der Waals surface area contributed by atoms with E-state index in [2.05, 4.69) is 0 Å². The number of ether oxygens (including phenoxy) is 1. The van der Waals surface area contributed by atoms with Crippen LogP contribution in [0.15, 0.2) is 84.9 Å². The fourth-order valence-electron chi connectivity index (χ4n) is 3.54. The maximum atomic E-state index is 12.3. The monoisotopic (exact) mass is 417 g/mol. The van der Waals surface area contributed by atoms with Crippen LogP contribution in [0.3, 0.4) is 0 Å². The van der Waals surface area contributed by atoms with E-state index < -0.39 is 5.91 Å². The average Bonchev–Trinajstić information content (AvgIpc) is 2.79. The van der Waals surface area contributed by atoms with E-state index in [1.807, 2.05) is 84.9 Å². The van der Waals surface area contributed by atoms with E-state index >= 15 is 0 Å². The Bertz CT molecular complexity index is 1190. The average molecular weight is 418 g/mol. The van der Waals surface area contributed by atoms with Gasteiger partial charge in [-0.25, -0.2) is 5.48 Å². The van der Waals surface area contributed by atoms with Gasteiger partial charge < -0.3 is 4.74 Å². The molecule has 4 aromatic carbocycles. The van der Waals surface area contributed by atoms with Crippen LogP contribution in [0.2, 0.25) is 5.02 Å². The second-order valence-electron chi connectivity index (χ2n) is 6.89. The number of halogens is 1. The summed E-state index contributed by atoms with van der Waals surface area (Å²) >= 11 is 5.97. The Labute approximate surface area is 179 Å². The molecule has 0 bridgehead atoms. The number of carbonyl (C=O) groups excluding carboxylic acids is 1. The summed E-state index contributed by atoms with van der Waals surface area (Å²) in [4.78, 5) is 12.3. The van der Waals surface area contributed by atoms with E-state index in [9.17, 15) is 10.0 Å². The van der Waals surface area contributed by atoms with E-state index in [-0.39, 0.29) is 0 Å². The van der Waals surface area contributed by atoms with Gasteiger partial charge in [-0.1, -0.05) is 72.3 Å². The van der Waals surface area contributed by atoms with Gasteiger partial charge in [0.25, 0.3) is 5.91 Å². The molecule has 0 aromatic heterocycles. The zero-order valence-electron chi connectivity index (χ0n) is 16.1. The van der Waals surface area contributed by atoms with Gasteiger partial charge >= 0.3 is 0 Å². The van der Waals surface area contributed by atoms with Crippen LogP contribution in [0, 0.1) is 0 Å². The minimum Gasteiger partial charge on any atom is -0.493 e. The van der Waals surface area contributed by atoms with Gasteiger partial charge in [0.05, 0.1) is 12.2 Å². The summed E-state index contributed by atoms with van der Waals surface area (Å²) in [6.45, 7) is 0.397. The van der Waals surface area contributed by atoms with Gasteiger partial charge in [-0.3, -0.25) is 10.0 Å². The molecule has 0 fully saturated rings. The molecule has 5 heteroatoms. The lowest BCUT2D eigenvalue weighted by Crippen LogP contribution is -2.21. The minimum absolute atomic E-state index is 0.397. The third-order valence-electron chi connectivity index (χ3n) is 5.00. The number of benzene rings is 4. The van der Waals surface area contributed by atoms with E-state index in [4.69, 9.17) is 16.3 Å². The molecule has 0 saturated carbocycles. The summed E-state index contributed by atoms with van der Waals surface area (Å²) in [7, 11) is 0. The van der Waals surface area contributed by atoms with E-state index in [1.165, 1.54) is 0 Å². The fraction of sp³-hybridized carbons (Fsp3) is 0.0800. The number of fused-ring (bicyclic) bond motifs is 1. The smallest absolute Gasteiger partial charge is 0.275 e. The van der Waals surface area contributed by atoms with Crippen molar-refractivity contribution in [2.24, 2.45) is 0 Å². The zero-order chi connectivity index (χ0) is 20.9. The Morgan fingerprint density at radius 2 is 1.70 bits per heavy atom. The minimum atomic E-state index is -0.522. The first-order valence-electron chi connectivity index (χ1n) is 9.59. The number of hydrogen-bond acceptors (Lipinski definition) is 3. The van der Waals surface area contributed by atoms with Crippen molar-refractivity contribution in [3.63, 3.8) is 0 Å². The fourth-order valence-corrected chi connectivity index (χ4v) is 3.66. The highest BCUT2D eigenvalue weighted by Crippen LogP contribution is 2.26. The van der Waals surface area contributed by atoms with Crippen LogP contribution in [0.1, 0.15) is 15.9 Å². The zero-order valence-corrected chi connectivity index (χ0v) is 16.9. The molecule has 0 heterocycles. The van der Waals surface area contributed by atoms with Gasteiger partial charge in [-0.15, -0.1) is 0 Å². The van der Waals surface area contributed by atoms with Gasteiger partial charge in [0.1, 0.15) is 5.75 Å². The first-order chi connectivity index (χ1) is 14.7. The number of rotatable bonds is 6. The Morgan fingerprint density at radius 1 is 0.900 bits per heavy atom. The quantitative estimate of drug-likeness (QED) is 0.303. The molecule has 0 atom stereocenters. The molecule has 2 N–H and O–H groups in total. The lowest BCUT2D eigenvalue weighted by molar-refractivity contribution is 0.0707. The highest BCUT2D eigenvalue weighted by Gasteiger charge is 2.15. The van der Waals surface area contributed by atoms with E-state index in [0.29, 0.717) is 23.6 Å². The largest absolute Gasteiger partial charge is 0.493 e. The molecule has 0 aliphatic heterocycles. The molecule has 1 amide bonds. The summed E-state index contributed by atoms with van der Waals surface area (Å²) in [5.41, 5.74) is 5.14. The maximum Gasteiger partial charge on any atom is 0.275 e. The second-order valence-corrected chi connectivity index (χ2v) is 7.33. The highest BCUT2D eigenvalue weighted by atomic mass is 35.5. The van der Waals surface area contributed by atoms with Gasteiger partial charge in [0.2, 0.25) is 0 Å². The van der Waals surface area contributed by atoms with Crippen LogP contribution in [0.4, 0.5) is 0 Å². The maximum absolute atomic E-state index is 12.3. The summed E-state index contributed by atoms with van der Waals surface area (Å²) in [6, 6.07) is 27.0. The molecule has 0 aliphatic rings. The van der Waals surface area contributed by atoms with Crippen molar-refractivity contribution in [3.8, 4) is 16.9 Å². The van der Waals surface area contributed by atoms with Crippen LogP contribution < -0.4 is 10.2 Å². The molecule has 30 heavy (non-hydrogen) atoms. The second kappa shape index (κ2) is 8.99. The first kappa shape index (κ1) is 20.0. The SMILES string of the molecule is O=C(NO)c1c(CCOc2cccc(-c3ccc(Cl)cc3)c2)ccc2ccccc12. The number of carbonyl (C=O) groups is 1. The number of hydrogen-bond donors (Lipinski definition) is 2. The molecule has 0 spiro atoms. The molecule has 4 rings (SSSR count). The molecule has 150 valence electrons. The first-order valence-corrected chi connectivity index (χ1v) is 9.97. The van der Waals surface area contributed by atoms with Crippen LogP contribution in [0.5, 0.6) is 5.75 Å². The number of amides is 1. The standard InChI is InChI=1S/C25H20ClNO3/c26-21-12-10-17(11-13-21)20-5-3-6-22(16-20)30-15-14-19-9-8-18-4-1-2-7-23(18)24(19)25(28)27-29/h1-13,16,29H,14-15H2,(H,27,28). The topological polar surface area (TPSA) is 58.6 Å². The van der Waals surface area contributed by atoms with E-state index in [1.54, 1.807) is 5.48 Å². The third kappa shape index (κ3) is 4.30. The van der Waals surface area contributed by atoms with Crippen molar-refractivity contribution in [2.75, 3.05) is 6.61 Å². The number of hydroxylamine groups is 1. The van der Waals surface area contributed by atoms with Gasteiger partial charge in [-0.05, 0) is 51.7 Å². The summed E-state index contributed by atoms with van der Waals surface area (Å²) < 4.78 is 5.96. The summed E-state index contributed by atoms with van der Waals surface area (Å²) in [5.74, 6) is 0.225. The summed E-state index contributed by atoms with van der Waals surface area (Å²) in [5, 5.41) is 11.6. The third-order valence-corrected chi connectivity index (χ3v) is 5.25. The van der Waals surface area contributed by atoms with Crippen LogP contribution in [0.25, 0.3) is 21.9 Å². The normalized spacial score (nSPS) is 10.7. The van der Waals surface area contributed by atoms with Crippen molar-refractivity contribution < 1.29 is 14.7 Å². The van der Waals surface area contributed by atoms with Crippen molar-refractivity contribution in [3.05, 3.63) is 101 Å². The van der Waals surface area contributed by atoms with Gasteiger partial charge in [0, 0.05) is 11.4 Å². The summed E-state index contributed by atoms with van der Waals surface area (Å²) in [6.07, 6.45) is 0.527. The molecule has 0 unspecified atom stereocenters. The highest BCUT2D eigenvalue weighted by molar-refractivity contribution is 6.30. The molecular formula is C25H20ClNO3. The molecule has 4 nitrogen and oxygen atoms in total. The van der Waals surface area contributed by atoms with Crippen LogP contribution >= 0.6 is 11.6 Å². The number of nitrogens with one attached hydrogen (secondary N) is 1. The van der Waals surface area contributed by atoms with Crippen molar-refractivity contribution >= 4 is 28.3 Å². The predicted molar refractivity (Wildman–Crippen MR) is 119 cm³/mol. The molecule has 0 saturated heterocycles. The Hall–Kier alpha value is -3.34. The van der Waals surface area contributed by atoms with Crippen LogP contribution in [-0.4, -0.2) is 17.7 Å². The molecule has 0 aliphatic carbocycles. The van der Waals surface area contributed by atoms with Gasteiger partial charge in [0.15, 0.2) is 0 Å². The molecule has 0 radical (unpaired) electrons.